The lowest BCUT2D eigenvalue weighted by atomic mass is 10.1. The van der Waals surface area contributed by atoms with Crippen LogP contribution in [0.4, 0.5) is 14.5 Å². The molecule has 0 spiro atoms. The van der Waals surface area contributed by atoms with Gasteiger partial charge in [0.25, 0.3) is 0 Å². The van der Waals surface area contributed by atoms with E-state index in [4.69, 9.17) is 16.3 Å². The number of carbonyl (C=O) groups is 1. The monoisotopic (exact) mass is 328 g/mol. The van der Waals surface area contributed by atoms with E-state index in [1.165, 1.54) is 26.3 Å². The predicted octanol–water partition coefficient (Wildman–Crippen LogP) is 3.43. The Bertz CT molecular complexity index is 753. The van der Waals surface area contributed by atoms with Gasteiger partial charge in [-0.05, 0) is 12.1 Å². The van der Waals surface area contributed by atoms with Crippen LogP contribution in [0.5, 0.6) is 5.75 Å². The van der Waals surface area contributed by atoms with Crippen LogP contribution in [0.3, 0.4) is 0 Å². The number of hydrogen-bond acceptors (Lipinski definition) is 4. The zero-order valence-electron chi connectivity index (χ0n) is 11.6. The average molecular weight is 329 g/mol. The SMILES string of the molecule is CNc1c(F)c(-c2ccc(Cl)c(F)c2)nc(C(=O)O)c1OC. The van der Waals surface area contributed by atoms with Crippen LogP contribution < -0.4 is 10.1 Å². The van der Waals surface area contributed by atoms with Crippen LogP contribution >= 0.6 is 11.6 Å². The van der Waals surface area contributed by atoms with E-state index in [0.29, 0.717) is 0 Å². The molecule has 0 radical (unpaired) electrons. The van der Waals surface area contributed by atoms with Crippen molar-refractivity contribution in [3.05, 3.63) is 40.6 Å². The van der Waals surface area contributed by atoms with E-state index < -0.39 is 23.3 Å². The molecule has 1 heterocycles. The van der Waals surface area contributed by atoms with Gasteiger partial charge in [0.1, 0.15) is 17.2 Å². The molecule has 1 aromatic heterocycles. The van der Waals surface area contributed by atoms with Crippen molar-refractivity contribution in [1.82, 2.24) is 4.98 Å². The number of carboxylic acid groups (broad SMARTS) is 1. The maximum Gasteiger partial charge on any atom is 0.358 e. The van der Waals surface area contributed by atoms with Gasteiger partial charge in [-0.25, -0.2) is 18.6 Å². The summed E-state index contributed by atoms with van der Waals surface area (Å²) >= 11 is 5.58. The molecule has 2 rings (SSSR count). The van der Waals surface area contributed by atoms with Gasteiger partial charge >= 0.3 is 5.97 Å². The van der Waals surface area contributed by atoms with Crippen LogP contribution in [-0.4, -0.2) is 30.2 Å². The first-order valence-electron chi connectivity index (χ1n) is 6.04. The fraction of sp³-hybridized carbons (Fsp3) is 0.143. The minimum Gasteiger partial charge on any atom is -0.492 e. The van der Waals surface area contributed by atoms with Crippen molar-refractivity contribution in [1.29, 1.82) is 0 Å². The molecule has 0 aliphatic heterocycles. The standard InChI is InChI=1S/C14H11ClF2N2O3/c1-18-11-9(17)10(6-3-4-7(15)8(16)5-6)19-12(14(20)21)13(11)22-2/h3-5H,1-2H3,(H,18,19)(H,20,21). The van der Waals surface area contributed by atoms with Crippen LogP contribution in [-0.2, 0) is 0 Å². The molecule has 2 N–H and O–H groups in total. The molecule has 0 fully saturated rings. The molecule has 1 aromatic carbocycles. The van der Waals surface area contributed by atoms with Crippen molar-refractivity contribution in [2.45, 2.75) is 0 Å². The summed E-state index contributed by atoms with van der Waals surface area (Å²) in [6.45, 7) is 0. The molecule has 5 nitrogen and oxygen atoms in total. The normalized spacial score (nSPS) is 10.4. The second-order valence-corrected chi connectivity index (χ2v) is 4.62. The Balaban J connectivity index is 2.78. The van der Waals surface area contributed by atoms with Gasteiger partial charge in [-0.3, -0.25) is 0 Å². The Morgan fingerprint density at radius 2 is 2.09 bits per heavy atom. The lowest BCUT2D eigenvalue weighted by Gasteiger charge is -2.14. The molecule has 0 bridgehead atoms. The molecular formula is C14H11ClF2N2O3. The number of benzene rings is 1. The van der Waals surface area contributed by atoms with Crippen molar-refractivity contribution in [2.75, 3.05) is 19.5 Å². The average Bonchev–Trinajstić information content (AvgIpc) is 2.49. The highest BCUT2D eigenvalue weighted by Gasteiger charge is 2.25. The van der Waals surface area contributed by atoms with Gasteiger partial charge in [-0.1, -0.05) is 17.7 Å². The zero-order valence-corrected chi connectivity index (χ0v) is 12.3. The number of rotatable bonds is 4. The Labute approximate surface area is 129 Å². The molecule has 116 valence electrons. The number of methoxy groups -OCH3 is 1. The third kappa shape index (κ3) is 2.67. The van der Waals surface area contributed by atoms with E-state index in [2.05, 4.69) is 10.3 Å². The summed E-state index contributed by atoms with van der Waals surface area (Å²) in [5.41, 5.74) is -0.932. The van der Waals surface area contributed by atoms with E-state index >= 15 is 0 Å². The molecule has 0 saturated heterocycles. The number of aromatic carboxylic acids is 1. The Morgan fingerprint density at radius 3 is 2.59 bits per heavy atom. The smallest absolute Gasteiger partial charge is 0.358 e. The van der Waals surface area contributed by atoms with E-state index in [1.54, 1.807) is 0 Å². The number of nitrogens with zero attached hydrogens (tertiary/aromatic N) is 1. The molecule has 0 aliphatic carbocycles. The Morgan fingerprint density at radius 1 is 1.41 bits per heavy atom. The number of hydrogen-bond donors (Lipinski definition) is 2. The van der Waals surface area contributed by atoms with Gasteiger partial charge in [0.15, 0.2) is 17.3 Å². The third-order valence-electron chi connectivity index (χ3n) is 2.94. The Kier molecular flexibility index (Phi) is 4.46. The zero-order chi connectivity index (χ0) is 16.4. The second-order valence-electron chi connectivity index (χ2n) is 4.22. The first kappa shape index (κ1) is 16.0. The van der Waals surface area contributed by atoms with Gasteiger partial charge in [-0.2, -0.15) is 0 Å². The number of ether oxygens (including phenoxy) is 1. The summed E-state index contributed by atoms with van der Waals surface area (Å²) in [7, 11) is 2.60. The molecule has 2 aromatic rings. The van der Waals surface area contributed by atoms with E-state index in [9.17, 15) is 18.7 Å². The quantitative estimate of drug-likeness (QED) is 0.899. The highest BCUT2D eigenvalue weighted by Crippen LogP contribution is 2.36. The van der Waals surface area contributed by atoms with Crippen molar-refractivity contribution in [3.63, 3.8) is 0 Å². The summed E-state index contributed by atoms with van der Waals surface area (Å²) < 4.78 is 33.0. The minimum absolute atomic E-state index is 0.0565. The molecule has 8 heteroatoms. The summed E-state index contributed by atoms with van der Waals surface area (Å²) in [6.07, 6.45) is 0. The van der Waals surface area contributed by atoms with Crippen LogP contribution in [0.25, 0.3) is 11.3 Å². The van der Waals surface area contributed by atoms with Gasteiger partial charge in [-0.15, -0.1) is 0 Å². The van der Waals surface area contributed by atoms with E-state index in [-0.39, 0.29) is 27.7 Å². The topological polar surface area (TPSA) is 71.5 Å². The molecule has 22 heavy (non-hydrogen) atoms. The van der Waals surface area contributed by atoms with Gasteiger partial charge in [0.05, 0.1) is 12.1 Å². The first-order valence-corrected chi connectivity index (χ1v) is 6.42. The Hall–Kier alpha value is -2.41. The highest BCUT2D eigenvalue weighted by molar-refractivity contribution is 6.30. The van der Waals surface area contributed by atoms with E-state index in [1.807, 2.05) is 0 Å². The largest absolute Gasteiger partial charge is 0.492 e. The van der Waals surface area contributed by atoms with Crippen LogP contribution in [0.2, 0.25) is 5.02 Å². The second kappa shape index (κ2) is 6.15. The van der Waals surface area contributed by atoms with E-state index in [0.717, 1.165) is 6.07 Å². The molecule has 0 aliphatic rings. The van der Waals surface area contributed by atoms with Crippen LogP contribution in [0.15, 0.2) is 18.2 Å². The summed E-state index contributed by atoms with van der Waals surface area (Å²) in [4.78, 5) is 15.0. The van der Waals surface area contributed by atoms with Crippen molar-refractivity contribution < 1.29 is 23.4 Å². The predicted molar refractivity (Wildman–Crippen MR) is 77.7 cm³/mol. The summed E-state index contributed by atoms with van der Waals surface area (Å²) in [5.74, 6) is -3.26. The molecule has 0 atom stereocenters. The molecule has 0 saturated carbocycles. The lowest BCUT2D eigenvalue weighted by Crippen LogP contribution is -2.10. The molecule has 0 amide bonds. The fourth-order valence-electron chi connectivity index (χ4n) is 1.95. The maximum absolute atomic E-state index is 14.5. The number of aromatic nitrogens is 1. The first-order chi connectivity index (χ1) is 10.4. The van der Waals surface area contributed by atoms with Gasteiger partial charge in [0.2, 0.25) is 0 Å². The van der Waals surface area contributed by atoms with Crippen molar-refractivity contribution in [2.24, 2.45) is 0 Å². The van der Waals surface area contributed by atoms with Gasteiger partial charge in [0, 0.05) is 12.6 Å². The number of halogens is 3. The van der Waals surface area contributed by atoms with Crippen LogP contribution in [0, 0.1) is 11.6 Å². The van der Waals surface area contributed by atoms with Gasteiger partial charge < -0.3 is 15.2 Å². The highest BCUT2D eigenvalue weighted by atomic mass is 35.5. The number of anilines is 1. The number of nitrogens with one attached hydrogen (secondary N) is 1. The molecular weight excluding hydrogens is 318 g/mol. The minimum atomic E-state index is -1.40. The number of pyridine rings is 1. The summed E-state index contributed by atoms with van der Waals surface area (Å²) in [6, 6.07) is 3.55. The van der Waals surface area contributed by atoms with Crippen molar-refractivity contribution in [3.8, 4) is 17.0 Å². The third-order valence-corrected chi connectivity index (χ3v) is 3.25. The number of carboxylic acids is 1. The lowest BCUT2D eigenvalue weighted by molar-refractivity contribution is 0.0686. The maximum atomic E-state index is 14.5. The van der Waals surface area contributed by atoms with Crippen molar-refractivity contribution >= 4 is 23.3 Å². The summed E-state index contributed by atoms with van der Waals surface area (Å²) in [5, 5.41) is 11.6. The van der Waals surface area contributed by atoms with Crippen LogP contribution in [0.1, 0.15) is 10.5 Å². The molecule has 0 unspecified atom stereocenters. The fourth-order valence-corrected chi connectivity index (χ4v) is 2.07.